The zero-order chi connectivity index (χ0) is 50.7. The van der Waals surface area contributed by atoms with Crippen LogP contribution in [0.25, 0.3) is 0 Å². The van der Waals surface area contributed by atoms with Crippen LogP contribution in [0.5, 0.6) is 0 Å². The molecule has 3 saturated heterocycles. The van der Waals surface area contributed by atoms with E-state index in [4.69, 9.17) is 52.1 Å². The number of carbonyl (C=O) groups is 2. The van der Waals surface area contributed by atoms with E-state index in [1.165, 1.54) is 6.92 Å². The van der Waals surface area contributed by atoms with Crippen LogP contribution in [-0.4, -0.2) is 170 Å². The fourth-order valence-electron chi connectivity index (χ4n) is 13.9. The van der Waals surface area contributed by atoms with Gasteiger partial charge in [-0.3, -0.25) is 4.79 Å². The normalized spacial score (nSPS) is 46.4. The van der Waals surface area contributed by atoms with E-state index in [9.17, 15) is 30.0 Å². The van der Waals surface area contributed by atoms with Crippen molar-refractivity contribution in [2.45, 2.75) is 222 Å². The van der Waals surface area contributed by atoms with Crippen molar-refractivity contribution in [1.29, 1.82) is 0 Å². The highest BCUT2D eigenvalue weighted by molar-refractivity contribution is 5.95. The first-order valence-corrected chi connectivity index (χ1v) is 25.3. The number of hydrogen-bond acceptors (Lipinski definition) is 18. The summed E-state index contributed by atoms with van der Waals surface area (Å²) in [5, 5.41) is 52.5. The predicted molar refractivity (Wildman–Crippen MR) is 251 cm³/mol. The Labute approximate surface area is 412 Å². The van der Waals surface area contributed by atoms with Crippen molar-refractivity contribution in [3.05, 3.63) is 41.5 Å². The van der Waals surface area contributed by atoms with Crippen molar-refractivity contribution in [2.75, 3.05) is 33.7 Å². The minimum Gasteiger partial charge on any atom is -0.462 e. The lowest BCUT2D eigenvalue weighted by Crippen LogP contribution is -2.78. The Hall–Kier alpha value is -2.82. The number of carbonyl (C=O) groups excluding carboxylic acids is 2. The summed E-state index contributed by atoms with van der Waals surface area (Å²) in [5.74, 6) is -1.80. The van der Waals surface area contributed by atoms with Crippen LogP contribution in [0.2, 0.25) is 0 Å². The molecule has 70 heavy (non-hydrogen) atoms. The van der Waals surface area contributed by atoms with Gasteiger partial charge < -0.3 is 77.8 Å². The molecular weight excluding hydrogens is 911 g/mol. The number of benzene rings is 1. The summed E-state index contributed by atoms with van der Waals surface area (Å²) < 4.78 is 68.1. The molecule has 18 nitrogen and oxygen atoms in total. The number of ether oxygens (including phenoxy) is 11. The summed E-state index contributed by atoms with van der Waals surface area (Å²) in [5.41, 5.74) is -5.89. The lowest BCUT2D eigenvalue weighted by molar-refractivity contribution is -0.339. The lowest BCUT2D eigenvalue weighted by Gasteiger charge is -2.67. The smallest absolute Gasteiger partial charge is 0.340 e. The maximum atomic E-state index is 13.6. The molecule has 8 rings (SSSR count). The van der Waals surface area contributed by atoms with Crippen LogP contribution in [0, 0.1) is 16.7 Å². The molecule has 0 aromatic heterocycles. The molecule has 3 heterocycles. The second-order valence-corrected chi connectivity index (χ2v) is 21.5. The van der Waals surface area contributed by atoms with E-state index in [1.807, 2.05) is 19.9 Å². The first-order valence-electron chi connectivity index (χ1n) is 25.3. The molecule has 0 amide bonds. The van der Waals surface area contributed by atoms with Crippen LogP contribution in [0.1, 0.15) is 123 Å². The van der Waals surface area contributed by atoms with E-state index >= 15 is 0 Å². The zero-order valence-corrected chi connectivity index (χ0v) is 42.8. The van der Waals surface area contributed by atoms with Gasteiger partial charge in [-0.05, 0) is 90.2 Å². The summed E-state index contributed by atoms with van der Waals surface area (Å²) in [4.78, 5) is 26.5. The Morgan fingerprint density at radius 2 is 1.36 bits per heavy atom. The van der Waals surface area contributed by atoms with Gasteiger partial charge >= 0.3 is 11.9 Å². The molecule has 6 fully saturated rings. The van der Waals surface area contributed by atoms with Gasteiger partial charge in [-0.15, -0.1) is 0 Å². The van der Waals surface area contributed by atoms with E-state index in [-0.39, 0.29) is 49.6 Å². The number of esters is 2. The number of aliphatic hydroxyl groups excluding tert-OH is 1. The van der Waals surface area contributed by atoms with Gasteiger partial charge in [0.1, 0.15) is 47.3 Å². The average molecular weight is 990 g/mol. The van der Waals surface area contributed by atoms with Crippen molar-refractivity contribution in [2.24, 2.45) is 16.7 Å². The molecule has 0 unspecified atom stereocenters. The number of rotatable bonds is 14. The molecule has 394 valence electrons. The average Bonchev–Trinajstić information content (AvgIpc) is 3.56. The Morgan fingerprint density at radius 1 is 0.786 bits per heavy atom. The summed E-state index contributed by atoms with van der Waals surface area (Å²) in [6.45, 7) is 12.3. The minimum atomic E-state index is -1.94. The van der Waals surface area contributed by atoms with E-state index in [0.29, 0.717) is 44.2 Å². The maximum Gasteiger partial charge on any atom is 0.340 e. The molecule has 0 radical (unpaired) electrons. The van der Waals surface area contributed by atoms with Crippen LogP contribution in [0.15, 0.2) is 35.9 Å². The summed E-state index contributed by atoms with van der Waals surface area (Å²) in [6.07, 6.45) is -3.25. The summed E-state index contributed by atoms with van der Waals surface area (Å²) in [7, 11) is 6.53. The molecule has 3 aliphatic heterocycles. The van der Waals surface area contributed by atoms with Gasteiger partial charge in [0.15, 0.2) is 18.9 Å². The second-order valence-electron chi connectivity index (χ2n) is 21.5. The van der Waals surface area contributed by atoms with Crippen molar-refractivity contribution in [3.63, 3.8) is 0 Å². The molecule has 4 aliphatic carbocycles. The zero-order valence-electron chi connectivity index (χ0n) is 42.8. The Bertz CT molecular complexity index is 2060. The molecule has 1 aromatic carbocycles. The topological polar surface area (TPSA) is 229 Å². The van der Waals surface area contributed by atoms with Gasteiger partial charge in [0.25, 0.3) is 0 Å². The first-order chi connectivity index (χ1) is 33.1. The Kier molecular flexibility index (Phi) is 15.6. The lowest BCUT2D eigenvalue weighted by atomic mass is 9.42. The van der Waals surface area contributed by atoms with Crippen molar-refractivity contribution in [3.8, 4) is 0 Å². The molecule has 18 heteroatoms. The van der Waals surface area contributed by atoms with E-state index < -0.39 is 119 Å². The highest BCUT2D eigenvalue weighted by atomic mass is 16.7. The van der Waals surface area contributed by atoms with E-state index in [1.54, 1.807) is 73.4 Å². The van der Waals surface area contributed by atoms with Gasteiger partial charge in [0.2, 0.25) is 0 Å². The van der Waals surface area contributed by atoms with Gasteiger partial charge in [0, 0.05) is 66.2 Å². The third-order valence-corrected chi connectivity index (χ3v) is 18.1. The first kappa shape index (κ1) is 53.5. The third kappa shape index (κ3) is 9.06. The summed E-state index contributed by atoms with van der Waals surface area (Å²) in [6, 6.07) is 6.89. The molecule has 1 aromatic rings. The molecule has 21 atom stereocenters. The summed E-state index contributed by atoms with van der Waals surface area (Å²) >= 11 is 0. The molecule has 5 N–H and O–H groups in total. The fraction of sp³-hybridized carbons (Fsp3) is 0.808. The minimum absolute atomic E-state index is 0.0130. The van der Waals surface area contributed by atoms with Crippen molar-refractivity contribution >= 4 is 17.6 Å². The third-order valence-electron chi connectivity index (χ3n) is 18.1. The van der Waals surface area contributed by atoms with Crippen LogP contribution in [0.4, 0.5) is 5.69 Å². The maximum absolute atomic E-state index is 13.6. The number of nitrogens with one attached hydrogen (secondary N) is 1. The van der Waals surface area contributed by atoms with Crippen molar-refractivity contribution < 1.29 is 82.1 Å². The molecule has 7 aliphatic rings. The van der Waals surface area contributed by atoms with Gasteiger partial charge in [-0.1, -0.05) is 37.6 Å². The fourth-order valence-corrected chi connectivity index (χ4v) is 13.9. The Morgan fingerprint density at radius 3 is 1.94 bits per heavy atom. The highest BCUT2D eigenvalue weighted by Gasteiger charge is 2.81. The largest absolute Gasteiger partial charge is 0.462 e. The molecule has 0 bridgehead atoms. The molecule has 0 spiro atoms. The van der Waals surface area contributed by atoms with Gasteiger partial charge in [0.05, 0.1) is 53.7 Å². The SMILES string of the molecule is CNc1ccccc1C(=O)O[C@@H](C)[C@]1(O)CC[C@@]2(O)[C@]1(C)[C@H](OC(C)=O)C[C@@H]1[C@@]3(C)CC[C@H](O[C@H]4C[C@H](OC)[C@H](O[C@H]5C[C@H](OC)[C@H](O[C@H]6C[C@@H](OC)[C@H](O)[C@@H](C)O6)[C@@H](C)O5)[C@@H](C)O4)CC3=CC[C@]12O. The van der Waals surface area contributed by atoms with E-state index in [0.717, 1.165) is 5.57 Å². The Balaban J connectivity index is 0.923. The standard InChI is InChI=1S/C52H79NO17/c1-27-44(55)36(60-9)23-42(63-27)69-46-29(3)65-43(25-38(46)62-11)70-45-28(2)64-41(24-37(45)61-10)68-33-17-18-48(6)32(22-33)16-19-51(58)39(48)26-40(67-31(5)54)49(7)50(57,20-21-52(49,51)59)30(4)66-47(56)34-14-12-13-15-35(34)53-8/h12-16,27-30,33,36-46,53,55,57-59H,17-26H2,1-11H3/t27-,28-,29-,30+,33+,36-,37+,38+,39-,40-,41+,42+,43+,44-,45-,46-,48+,49-,50-,51+,52-/m1/s1. The van der Waals surface area contributed by atoms with Gasteiger partial charge in [-0.2, -0.15) is 0 Å². The number of fused-ring (bicyclic) bond motifs is 5. The van der Waals surface area contributed by atoms with E-state index in [2.05, 4.69) is 12.2 Å². The van der Waals surface area contributed by atoms with Gasteiger partial charge in [-0.25, -0.2) is 4.79 Å². The monoisotopic (exact) mass is 990 g/mol. The number of hydrogen-bond donors (Lipinski definition) is 5. The van der Waals surface area contributed by atoms with Crippen LogP contribution in [-0.2, 0) is 56.9 Å². The van der Waals surface area contributed by atoms with Crippen LogP contribution in [0.3, 0.4) is 0 Å². The molecular formula is C52H79NO17. The highest BCUT2D eigenvalue weighted by Crippen LogP contribution is 2.71. The number of aliphatic hydroxyl groups is 4. The number of para-hydroxylation sites is 1. The quantitative estimate of drug-likeness (QED) is 0.126. The number of anilines is 1. The predicted octanol–water partition coefficient (Wildman–Crippen LogP) is 4.71. The van der Waals surface area contributed by atoms with Crippen molar-refractivity contribution in [1.82, 2.24) is 0 Å². The number of methoxy groups -OCH3 is 3. The second kappa shape index (κ2) is 20.5. The van der Waals surface area contributed by atoms with Crippen LogP contribution >= 0.6 is 0 Å². The molecule has 3 saturated carbocycles. The van der Waals surface area contributed by atoms with Crippen LogP contribution < -0.4 is 5.32 Å².